The molecule has 0 radical (unpaired) electrons. The van der Waals surface area contributed by atoms with Crippen molar-refractivity contribution in [1.29, 1.82) is 0 Å². The van der Waals surface area contributed by atoms with Crippen molar-refractivity contribution in [3.8, 4) is 0 Å². The highest BCUT2D eigenvalue weighted by Crippen LogP contribution is 2.21. The van der Waals surface area contributed by atoms with E-state index in [1.807, 2.05) is 0 Å². The molecule has 2 aromatic heterocycles. The van der Waals surface area contributed by atoms with Gasteiger partial charge in [-0.25, -0.2) is 8.42 Å². The third kappa shape index (κ3) is 4.55. The normalized spacial score (nSPS) is 11.0. The number of carbonyl (C=O) groups excluding carboxylic acids is 1. The number of hydrogen-bond acceptors (Lipinski definition) is 7. The van der Waals surface area contributed by atoms with Crippen LogP contribution >= 0.6 is 11.3 Å². The van der Waals surface area contributed by atoms with Crippen molar-refractivity contribution in [2.75, 3.05) is 15.4 Å². The van der Waals surface area contributed by atoms with Crippen molar-refractivity contribution in [3.63, 3.8) is 0 Å². The summed E-state index contributed by atoms with van der Waals surface area (Å²) in [5, 5.41) is 15.2. The van der Waals surface area contributed by atoms with Crippen molar-refractivity contribution in [3.05, 3.63) is 53.9 Å². The molecular weight excluding hydrogens is 374 g/mol. The summed E-state index contributed by atoms with van der Waals surface area (Å²) in [5.74, 6) is 0.393. The first-order chi connectivity index (χ1) is 12.4. The Hall–Kier alpha value is -2.98. The van der Waals surface area contributed by atoms with Gasteiger partial charge in [0.05, 0.1) is 0 Å². The van der Waals surface area contributed by atoms with Crippen LogP contribution < -0.4 is 15.4 Å². The lowest BCUT2D eigenvalue weighted by atomic mass is 10.2. The van der Waals surface area contributed by atoms with Gasteiger partial charge in [0.25, 0.3) is 10.0 Å². The van der Waals surface area contributed by atoms with Crippen molar-refractivity contribution in [2.45, 2.75) is 11.1 Å². The molecule has 0 spiro atoms. The third-order valence-corrected chi connectivity index (χ3v) is 5.87. The number of thiophene rings is 1. The van der Waals surface area contributed by atoms with Crippen molar-refractivity contribution < 1.29 is 13.2 Å². The molecule has 26 heavy (non-hydrogen) atoms. The molecule has 10 heteroatoms. The fourth-order valence-corrected chi connectivity index (χ4v) is 4.07. The number of anilines is 4. The minimum atomic E-state index is -3.65. The molecule has 1 aromatic carbocycles. The lowest BCUT2D eigenvalue weighted by molar-refractivity contribution is -0.114. The van der Waals surface area contributed by atoms with Crippen LogP contribution in [0.3, 0.4) is 0 Å². The zero-order valence-electron chi connectivity index (χ0n) is 13.6. The number of hydrogen-bond donors (Lipinski definition) is 3. The summed E-state index contributed by atoms with van der Waals surface area (Å²) in [6.45, 7) is 1.43. The predicted molar refractivity (Wildman–Crippen MR) is 101 cm³/mol. The average molecular weight is 389 g/mol. The van der Waals surface area contributed by atoms with Gasteiger partial charge in [0, 0.05) is 18.3 Å². The van der Waals surface area contributed by atoms with E-state index in [0.717, 1.165) is 11.3 Å². The fourth-order valence-electron chi connectivity index (χ4n) is 2.08. The Morgan fingerprint density at radius 1 is 1.00 bits per heavy atom. The highest BCUT2D eigenvalue weighted by Gasteiger charge is 2.16. The number of aromatic nitrogens is 2. The Balaban J connectivity index is 1.69. The third-order valence-electron chi connectivity index (χ3n) is 3.12. The molecule has 3 rings (SSSR count). The molecule has 0 atom stereocenters. The number of nitrogens with zero attached hydrogens (tertiary/aromatic N) is 2. The van der Waals surface area contributed by atoms with E-state index >= 15 is 0 Å². The van der Waals surface area contributed by atoms with E-state index in [0.29, 0.717) is 17.2 Å². The van der Waals surface area contributed by atoms with Crippen molar-refractivity contribution >= 4 is 50.3 Å². The molecule has 1 amide bonds. The van der Waals surface area contributed by atoms with Gasteiger partial charge < -0.3 is 10.6 Å². The summed E-state index contributed by atoms with van der Waals surface area (Å²) in [7, 11) is -3.65. The van der Waals surface area contributed by atoms with Gasteiger partial charge in [-0.15, -0.1) is 21.5 Å². The summed E-state index contributed by atoms with van der Waals surface area (Å²) in [5.41, 5.74) is 1.35. The molecule has 2 heterocycles. The molecule has 0 bridgehead atoms. The first-order valence-electron chi connectivity index (χ1n) is 7.47. The second-order valence-electron chi connectivity index (χ2n) is 5.23. The van der Waals surface area contributed by atoms with E-state index in [2.05, 4.69) is 25.6 Å². The maximum absolute atomic E-state index is 12.1. The monoisotopic (exact) mass is 389 g/mol. The van der Waals surface area contributed by atoms with Crippen LogP contribution in [0.15, 0.2) is 58.1 Å². The molecule has 0 saturated heterocycles. The van der Waals surface area contributed by atoms with Gasteiger partial charge in [-0.2, -0.15) is 0 Å². The maximum atomic E-state index is 12.1. The SMILES string of the molecule is CC(=O)Nc1cccc(Nc2ccc(NS(=O)(=O)c3cccs3)nn2)c1. The van der Waals surface area contributed by atoms with E-state index in [9.17, 15) is 13.2 Å². The summed E-state index contributed by atoms with van der Waals surface area (Å²) in [6.07, 6.45) is 0. The molecule has 0 saturated carbocycles. The molecule has 0 aliphatic carbocycles. The van der Waals surface area contributed by atoms with Crippen LogP contribution in [0.4, 0.5) is 23.0 Å². The van der Waals surface area contributed by atoms with Crippen LogP contribution in [0.25, 0.3) is 0 Å². The number of rotatable bonds is 6. The molecule has 0 aliphatic rings. The summed E-state index contributed by atoms with van der Waals surface area (Å²) in [6, 6.07) is 13.4. The van der Waals surface area contributed by atoms with Crippen LogP contribution in [0.5, 0.6) is 0 Å². The minimum Gasteiger partial charge on any atom is -0.339 e. The van der Waals surface area contributed by atoms with Crippen LogP contribution in [0.1, 0.15) is 6.92 Å². The van der Waals surface area contributed by atoms with Gasteiger partial charge in [-0.3, -0.25) is 9.52 Å². The number of sulfonamides is 1. The lowest BCUT2D eigenvalue weighted by Crippen LogP contribution is -2.13. The van der Waals surface area contributed by atoms with Gasteiger partial charge in [-0.1, -0.05) is 12.1 Å². The average Bonchev–Trinajstić information content (AvgIpc) is 3.12. The van der Waals surface area contributed by atoms with Crippen LogP contribution in [0.2, 0.25) is 0 Å². The van der Waals surface area contributed by atoms with Crippen LogP contribution in [0, 0.1) is 0 Å². The Labute approximate surface area is 154 Å². The topological polar surface area (TPSA) is 113 Å². The number of amides is 1. The highest BCUT2D eigenvalue weighted by atomic mass is 32.2. The highest BCUT2D eigenvalue weighted by molar-refractivity contribution is 7.94. The Bertz CT molecular complexity index is 1000. The molecule has 0 unspecified atom stereocenters. The smallest absolute Gasteiger partial charge is 0.272 e. The van der Waals surface area contributed by atoms with E-state index in [1.54, 1.807) is 41.8 Å². The molecule has 0 fully saturated rings. The summed E-state index contributed by atoms with van der Waals surface area (Å²) < 4.78 is 26.9. The maximum Gasteiger partial charge on any atom is 0.272 e. The Morgan fingerprint density at radius 2 is 1.73 bits per heavy atom. The number of carbonyl (C=O) groups is 1. The van der Waals surface area contributed by atoms with Crippen LogP contribution in [-0.2, 0) is 14.8 Å². The molecule has 3 aromatic rings. The quantitative estimate of drug-likeness (QED) is 0.597. The first kappa shape index (κ1) is 17.8. The van der Waals surface area contributed by atoms with Crippen molar-refractivity contribution in [2.24, 2.45) is 0 Å². The van der Waals surface area contributed by atoms with E-state index in [-0.39, 0.29) is 15.9 Å². The summed E-state index contributed by atoms with van der Waals surface area (Å²) in [4.78, 5) is 11.1. The van der Waals surface area contributed by atoms with Gasteiger partial charge in [0.2, 0.25) is 5.91 Å². The molecule has 134 valence electrons. The predicted octanol–water partition coefficient (Wildman–Crippen LogP) is 3.04. The Morgan fingerprint density at radius 3 is 2.38 bits per heavy atom. The molecule has 3 N–H and O–H groups in total. The van der Waals surface area contributed by atoms with Gasteiger partial charge in [0.1, 0.15) is 4.21 Å². The number of benzene rings is 1. The Kier molecular flexibility index (Phi) is 5.14. The van der Waals surface area contributed by atoms with Crippen molar-refractivity contribution in [1.82, 2.24) is 10.2 Å². The van der Waals surface area contributed by atoms with Gasteiger partial charge in [-0.05, 0) is 41.8 Å². The summed E-state index contributed by atoms with van der Waals surface area (Å²) >= 11 is 1.12. The first-order valence-corrected chi connectivity index (χ1v) is 9.83. The van der Waals surface area contributed by atoms with Gasteiger partial charge in [0.15, 0.2) is 11.6 Å². The second kappa shape index (κ2) is 7.50. The fraction of sp³-hybridized carbons (Fsp3) is 0.0625. The zero-order chi connectivity index (χ0) is 18.6. The standard InChI is InChI=1S/C16H15N5O3S2/c1-11(22)17-12-4-2-5-13(10-12)18-14-7-8-15(20-19-14)21-26(23,24)16-6-3-9-25-16/h2-10H,1H3,(H,17,22)(H,18,19)(H,20,21). The lowest BCUT2D eigenvalue weighted by Gasteiger charge is -2.09. The molecule has 8 nitrogen and oxygen atoms in total. The second-order valence-corrected chi connectivity index (χ2v) is 8.09. The largest absolute Gasteiger partial charge is 0.339 e. The van der Waals surface area contributed by atoms with Gasteiger partial charge >= 0.3 is 0 Å². The van der Waals surface area contributed by atoms with E-state index in [4.69, 9.17) is 0 Å². The zero-order valence-corrected chi connectivity index (χ0v) is 15.3. The van der Waals surface area contributed by atoms with Crippen LogP contribution in [-0.4, -0.2) is 24.5 Å². The minimum absolute atomic E-state index is 0.121. The molecular formula is C16H15N5O3S2. The van der Waals surface area contributed by atoms with E-state index < -0.39 is 10.0 Å². The number of nitrogens with one attached hydrogen (secondary N) is 3. The molecule has 0 aliphatic heterocycles. The van der Waals surface area contributed by atoms with E-state index in [1.165, 1.54) is 19.1 Å².